The molecule has 1 N–H and O–H groups in total. The van der Waals surface area contributed by atoms with Crippen molar-refractivity contribution >= 4 is 34.9 Å². The molecule has 1 amide bonds. The third-order valence-corrected chi connectivity index (χ3v) is 6.20. The van der Waals surface area contributed by atoms with Crippen LogP contribution in [0.25, 0.3) is 0 Å². The van der Waals surface area contributed by atoms with E-state index in [4.69, 9.17) is 23.2 Å². The van der Waals surface area contributed by atoms with Crippen LogP contribution < -0.4 is 5.32 Å². The molecule has 0 aliphatic carbocycles. The highest BCUT2D eigenvalue weighted by Crippen LogP contribution is 2.39. The van der Waals surface area contributed by atoms with Gasteiger partial charge in [-0.25, -0.2) is 4.68 Å². The summed E-state index contributed by atoms with van der Waals surface area (Å²) in [5.41, 5.74) is 2.45. The number of benzene rings is 1. The maximum Gasteiger partial charge on any atom is 0.254 e. The summed E-state index contributed by atoms with van der Waals surface area (Å²) in [6.45, 7) is 4.86. The Morgan fingerprint density at radius 2 is 2.04 bits per heavy atom. The van der Waals surface area contributed by atoms with Crippen molar-refractivity contribution in [1.82, 2.24) is 14.7 Å². The fraction of sp³-hybridized carbons (Fsp3) is 0.400. The second kappa shape index (κ2) is 7.21. The van der Waals surface area contributed by atoms with Gasteiger partial charge >= 0.3 is 0 Å². The molecule has 1 aromatic heterocycles. The van der Waals surface area contributed by atoms with Crippen molar-refractivity contribution in [3.8, 4) is 0 Å². The molecule has 142 valence electrons. The Balaban J connectivity index is 1.81. The number of allylic oxidation sites excluding steroid dienone is 1. The van der Waals surface area contributed by atoms with Crippen LogP contribution in [0.4, 0.5) is 5.82 Å². The minimum atomic E-state index is -0.340. The summed E-state index contributed by atoms with van der Waals surface area (Å²) in [6.07, 6.45) is 4.98. The Morgan fingerprint density at radius 3 is 2.78 bits per heavy atom. The molecular weight excluding hydrogens is 383 g/mol. The van der Waals surface area contributed by atoms with Gasteiger partial charge in [0.15, 0.2) is 0 Å². The van der Waals surface area contributed by atoms with E-state index in [1.807, 2.05) is 34.7 Å². The minimum absolute atomic E-state index is 0.0597. The Bertz CT molecular complexity index is 920. The molecule has 0 spiro atoms. The predicted molar refractivity (Wildman–Crippen MR) is 108 cm³/mol. The highest BCUT2D eigenvalue weighted by atomic mass is 35.5. The van der Waals surface area contributed by atoms with E-state index in [1.165, 1.54) is 6.42 Å². The largest absolute Gasteiger partial charge is 0.344 e. The van der Waals surface area contributed by atoms with Crippen LogP contribution in [0, 0.1) is 0 Å². The average Bonchev–Trinajstić information content (AvgIpc) is 3.10. The number of carbonyl (C=O) groups excluding carboxylic acids is 1. The van der Waals surface area contributed by atoms with Gasteiger partial charge in [-0.05, 0) is 50.8 Å². The van der Waals surface area contributed by atoms with Gasteiger partial charge in [-0.2, -0.15) is 5.10 Å². The Hall–Kier alpha value is -1.98. The molecule has 3 heterocycles. The first-order chi connectivity index (χ1) is 13.0. The SMILES string of the molecule is CC1=C(C(=O)N2CCCCC2C)C(c2ccc(Cl)c(Cl)c2)n2nccc2N1. The van der Waals surface area contributed by atoms with Crippen molar-refractivity contribution < 1.29 is 4.79 Å². The lowest BCUT2D eigenvalue weighted by Gasteiger charge is -2.37. The summed E-state index contributed by atoms with van der Waals surface area (Å²) in [5, 5.41) is 8.76. The van der Waals surface area contributed by atoms with Crippen LogP contribution in [-0.2, 0) is 4.79 Å². The summed E-state index contributed by atoms with van der Waals surface area (Å²) in [6, 6.07) is 7.30. The summed E-state index contributed by atoms with van der Waals surface area (Å²) >= 11 is 12.4. The van der Waals surface area contributed by atoms with Crippen LogP contribution in [0.3, 0.4) is 0 Å². The average molecular weight is 405 g/mol. The number of aromatic nitrogens is 2. The van der Waals surface area contributed by atoms with E-state index in [9.17, 15) is 4.79 Å². The number of hydrogen-bond acceptors (Lipinski definition) is 3. The Morgan fingerprint density at radius 1 is 1.22 bits per heavy atom. The standard InChI is InChI=1S/C20H22Cl2N4O/c1-12-5-3-4-10-25(12)20(27)18-13(2)24-17-8-9-23-26(17)19(18)14-6-7-15(21)16(22)11-14/h6-9,11-12,19,24H,3-5,10H2,1-2H3. The second-order valence-corrected chi connectivity index (χ2v) is 8.06. The van der Waals surface area contributed by atoms with Crippen LogP contribution in [0.2, 0.25) is 10.0 Å². The van der Waals surface area contributed by atoms with Crippen LogP contribution in [0.1, 0.15) is 44.7 Å². The highest BCUT2D eigenvalue weighted by Gasteiger charge is 2.36. The van der Waals surface area contributed by atoms with Gasteiger partial charge in [-0.3, -0.25) is 4.79 Å². The molecule has 1 aromatic carbocycles. The number of nitrogens with zero attached hydrogens (tertiary/aromatic N) is 3. The van der Waals surface area contributed by atoms with Crippen molar-refractivity contribution in [2.45, 2.75) is 45.2 Å². The summed E-state index contributed by atoms with van der Waals surface area (Å²) in [4.78, 5) is 15.6. The fourth-order valence-electron chi connectivity index (χ4n) is 4.03. The Labute approximate surface area is 168 Å². The van der Waals surface area contributed by atoms with E-state index in [2.05, 4.69) is 17.3 Å². The quantitative estimate of drug-likeness (QED) is 0.775. The number of hydrogen-bond donors (Lipinski definition) is 1. The van der Waals surface area contributed by atoms with Gasteiger partial charge in [-0.15, -0.1) is 0 Å². The number of rotatable bonds is 2. The van der Waals surface area contributed by atoms with Gasteiger partial charge in [0.05, 0.1) is 21.8 Å². The van der Waals surface area contributed by atoms with Crippen LogP contribution >= 0.6 is 23.2 Å². The van der Waals surface area contributed by atoms with Crippen molar-refractivity contribution in [2.24, 2.45) is 0 Å². The number of carbonyl (C=O) groups is 1. The molecule has 0 saturated carbocycles. The second-order valence-electron chi connectivity index (χ2n) is 7.24. The molecule has 4 rings (SSSR count). The van der Waals surface area contributed by atoms with Crippen LogP contribution in [0.15, 0.2) is 41.7 Å². The zero-order valence-corrected chi connectivity index (χ0v) is 16.9. The van der Waals surface area contributed by atoms with E-state index >= 15 is 0 Å². The maximum absolute atomic E-state index is 13.6. The predicted octanol–water partition coefficient (Wildman–Crippen LogP) is 4.88. The molecule has 1 saturated heterocycles. The first kappa shape index (κ1) is 18.4. The lowest BCUT2D eigenvalue weighted by molar-refractivity contribution is -0.130. The monoisotopic (exact) mass is 404 g/mol. The van der Waals surface area contributed by atoms with Gasteiger partial charge in [0, 0.05) is 24.4 Å². The summed E-state index contributed by atoms with van der Waals surface area (Å²) in [7, 11) is 0. The summed E-state index contributed by atoms with van der Waals surface area (Å²) in [5.74, 6) is 0.913. The molecule has 2 aliphatic heterocycles. The lowest BCUT2D eigenvalue weighted by atomic mass is 9.92. The molecule has 5 nitrogen and oxygen atoms in total. The molecule has 7 heteroatoms. The number of anilines is 1. The highest BCUT2D eigenvalue weighted by molar-refractivity contribution is 6.42. The van der Waals surface area contributed by atoms with Crippen LogP contribution in [-0.4, -0.2) is 33.2 Å². The van der Waals surface area contributed by atoms with E-state index in [0.29, 0.717) is 15.6 Å². The number of piperidine rings is 1. The van der Waals surface area contributed by atoms with E-state index < -0.39 is 0 Å². The Kier molecular flexibility index (Phi) is 4.91. The maximum atomic E-state index is 13.6. The van der Waals surface area contributed by atoms with Gasteiger partial charge in [0.1, 0.15) is 11.9 Å². The zero-order chi connectivity index (χ0) is 19.1. The van der Waals surface area contributed by atoms with Gasteiger partial charge in [0.2, 0.25) is 0 Å². The van der Waals surface area contributed by atoms with Crippen molar-refractivity contribution in [3.05, 3.63) is 57.3 Å². The number of halogens is 2. The van der Waals surface area contributed by atoms with Gasteiger partial charge < -0.3 is 10.2 Å². The number of likely N-dealkylation sites (tertiary alicyclic amines) is 1. The third kappa shape index (κ3) is 3.23. The van der Waals surface area contributed by atoms with E-state index in [-0.39, 0.29) is 18.0 Å². The molecule has 2 aromatic rings. The topological polar surface area (TPSA) is 50.2 Å². The van der Waals surface area contributed by atoms with Crippen LogP contribution in [0.5, 0.6) is 0 Å². The lowest BCUT2D eigenvalue weighted by Crippen LogP contribution is -2.45. The molecule has 2 atom stereocenters. The molecule has 2 unspecified atom stereocenters. The minimum Gasteiger partial charge on any atom is -0.344 e. The fourth-order valence-corrected chi connectivity index (χ4v) is 4.33. The van der Waals surface area contributed by atoms with Crippen molar-refractivity contribution in [1.29, 1.82) is 0 Å². The van der Waals surface area contributed by atoms with Gasteiger partial charge in [-0.1, -0.05) is 29.3 Å². The molecule has 2 aliphatic rings. The van der Waals surface area contributed by atoms with E-state index in [0.717, 1.165) is 36.5 Å². The first-order valence-corrected chi connectivity index (χ1v) is 10.00. The molecule has 0 bridgehead atoms. The molecule has 0 radical (unpaired) electrons. The molecule has 1 fully saturated rings. The number of amides is 1. The summed E-state index contributed by atoms with van der Waals surface area (Å²) < 4.78 is 1.84. The number of nitrogens with one attached hydrogen (secondary N) is 1. The molecular formula is C20H22Cl2N4O. The smallest absolute Gasteiger partial charge is 0.254 e. The van der Waals surface area contributed by atoms with Gasteiger partial charge in [0.25, 0.3) is 5.91 Å². The van der Waals surface area contributed by atoms with Crippen molar-refractivity contribution in [3.63, 3.8) is 0 Å². The number of fused-ring (bicyclic) bond motifs is 1. The first-order valence-electron chi connectivity index (χ1n) is 9.24. The van der Waals surface area contributed by atoms with E-state index in [1.54, 1.807) is 12.3 Å². The normalized spacial score (nSPS) is 22.4. The zero-order valence-electron chi connectivity index (χ0n) is 15.4. The van der Waals surface area contributed by atoms with Crippen molar-refractivity contribution in [2.75, 3.05) is 11.9 Å². The molecule has 27 heavy (non-hydrogen) atoms. The third-order valence-electron chi connectivity index (χ3n) is 5.46.